The van der Waals surface area contributed by atoms with Gasteiger partial charge in [-0.1, -0.05) is 46.9 Å². The van der Waals surface area contributed by atoms with Crippen LogP contribution in [0.4, 0.5) is 5.82 Å². The highest BCUT2D eigenvalue weighted by molar-refractivity contribution is 6.36. The number of fused-ring (bicyclic) bond motifs is 1. The molecule has 0 aliphatic carbocycles. The summed E-state index contributed by atoms with van der Waals surface area (Å²) in [5.74, 6) is 0.317. The summed E-state index contributed by atoms with van der Waals surface area (Å²) in [6, 6.07) is 14.6. The van der Waals surface area contributed by atoms with Gasteiger partial charge in [-0.15, -0.1) is 0 Å². The molecular weight excluding hydrogens is 481 g/mol. The third-order valence-corrected chi connectivity index (χ3v) is 6.96. The zero-order valence-corrected chi connectivity index (χ0v) is 20.8. The van der Waals surface area contributed by atoms with Crippen LogP contribution in [-0.2, 0) is 4.79 Å². The first-order valence-electron chi connectivity index (χ1n) is 10.5. The second kappa shape index (κ2) is 9.15. The van der Waals surface area contributed by atoms with Crippen molar-refractivity contribution >= 4 is 46.5 Å². The second-order valence-electron chi connectivity index (χ2n) is 8.78. The highest BCUT2D eigenvalue weighted by atomic mass is 35.5. The number of nitrogens with one attached hydrogen (secondary N) is 1. The first-order chi connectivity index (χ1) is 15.6. The predicted molar refractivity (Wildman–Crippen MR) is 135 cm³/mol. The SMILES string of the molecule is CN1c2nc(-c3ccc(Cl)cc3Cl)c(-c3ccc(Cl)cc3)cc2C(NC(=O)CO)CC1(C)C. The van der Waals surface area contributed by atoms with Crippen LogP contribution in [0.2, 0.25) is 15.1 Å². The van der Waals surface area contributed by atoms with Crippen molar-refractivity contribution in [1.29, 1.82) is 0 Å². The van der Waals surface area contributed by atoms with Gasteiger partial charge < -0.3 is 15.3 Å². The van der Waals surface area contributed by atoms with Crippen molar-refractivity contribution < 1.29 is 9.90 Å². The van der Waals surface area contributed by atoms with Crippen molar-refractivity contribution in [1.82, 2.24) is 10.3 Å². The summed E-state index contributed by atoms with van der Waals surface area (Å²) >= 11 is 18.9. The molecule has 4 rings (SSSR count). The maximum atomic E-state index is 12.1. The molecule has 0 bridgehead atoms. The van der Waals surface area contributed by atoms with Crippen LogP contribution in [0.5, 0.6) is 0 Å². The summed E-state index contributed by atoms with van der Waals surface area (Å²) in [6.45, 7) is 3.62. The quantitative estimate of drug-likeness (QED) is 0.448. The van der Waals surface area contributed by atoms with Crippen LogP contribution < -0.4 is 10.2 Å². The summed E-state index contributed by atoms with van der Waals surface area (Å²) < 4.78 is 0. The van der Waals surface area contributed by atoms with Crippen LogP contribution in [0.3, 0.4) is 0 Å². The molecule has 0 spiro atoms. The molecule has 0 saturated carbocycles. The number of benzene rings is 2. The van der Waals surface area contributed by atoms with E-state index in [2.05, 4.69) is 24.1 Å². The number of hydrogen-bond acceptors (Lipinski definition) is 4. The van der Waals surface area contributed by atoms with Crippen molar-refractivity contribution in [2.75, 3.05) is 18.6 Å². The molecule has 33 heavy (non-hydrogen) atoms. The van der Waals surface area contributed by atoms with E-state index in [-0.39, 0.29) is 11.6 Å². The largest absolute Gasteiger partial charge is 0.387 e. The van der Waals surface area contributed by atoms with Crippen LogP contribution in [0.1, 0.15) is 31.9 Å². The van der Waals surface area contributed by atoms with E-state index in [9.17, 15) is 9.90 Å². The number of hydrogen-bond donors (Lipinski definition) is 2. The molecule has 0 fully saturated rings. The van der Waals surface area contributed by atoms with Crippen molar-refractivity contribution in [3.8, 4) is 22.4 Å². The minimum atomic E-state index is -0.571. The summed E-state index contributed by atoms with van der Waals surface area (Å²) in [6.07, 6.45) is 0.658. The number of aliphatic hydroxyl groups is 1. The van der Waals surface area contributed by atoms with Gasteiger partial charge in [-0.3, -0.25) is 4.79 Å². The molecule has 1 aromatic heterocycles. The maximum absolute atomic E-state index is 12.1. The molecule has 2 N–H and O–H groups in total. The van der Waals surface area contributed by atoms with Gasteiger partial charge in [-0.2, -0.15) is 0 Å². The number of carbonyl (C=O) groups is 1. The van der Waals surface area contributed by atoms with Gasteiger partial charge in [-0.05, 0) is 62.2 Å². The number of aliphatic hydroxyl groups excluding tert-OH is 1. The normalized spacial score (nSPS) is 16.9. The van der Waals surface area contributed by atoms with Gasteiger partial charge in [0.25, 0.3) is 0 Å². The topological polar surface area (TPSA) is 65.5 Å². The van der Waals surface area contributed by atoms with Crippen LogP contribution in [-0.4, -0.2) is 35.2 Å². The monoisotopic (exact) mass is 503 g/mol. The lowest BCUT2D eigenvalue weighted by atomic mass is 9.83. The van der Waals surface area contributed by atoms with Crippen molar-refractivity contribution in [3.63, 3.8) is 0 Å². The molecular formula is C25H24Cl3N3O2. The minimum Gasteiger partial charge on any atom is -0.387 e. The molecule has 3 aromatic rings. The standard InChI is InChI=1S/C25H24Cl3N3O2/c1-25(2)12-21(29-22(33)13-32)19-11-18(14-4-6-15(26)7-5-14)23(30-24(19)31(25)3)17-9-8-16(27)10-20(17)28/h4-11,21,32H,12-13H2,1-3H3,(H,29,33). The van der Waals surface area contributed by atoms with Gasteiger partial charge in [-0.25, -0.2) is 4.98 Å². The Hall–Kier alpha value is -2.31. The summed E-state index contributed by atoms with van der Waals surface area (Å²) in [7, 11) is 1.99. The number of nitrogens with zero attached hydrogens (tertiary/aromatic N) is 2. The van der Waals surface area contributed by atoms with E-state index >= 15 is 0 Å². The van der Waals surface area contributed by atoms with Gasteiger partial charge in [0.15, 0.2) is 0 Å². The molecule has 2 aromatic carbocycles. The smallest absolute Gasteiger partial charge is 0.246 e. The third kappa shape index (κ3) is 4.69. The van der Waals surface area contributed by atoms with Gasteiger partial charge in [0, 0.05) is 39.3 Å². The highest BCUT2D eigenvalue weighted by Crippen LogP contribution is 2.45. The van der Waals surface area contributed by atoms with Gasteiger partial charge >= 0.3 is 0 Å². The minimum absolute atomic E-state index is 0.281. The molecule has 1 aliphatic rings. The fourth-order valence-electron chi connectivity index (χ4n) is 4.18. The van der Waals surface area contributed by atoms with E-state index in [1.807, 2.05) is 43.4 Å². The highest BCUT2D eigenvalue weighted by Gasteiger charge is 2.38. The molecule has 0 saturated heterocycles. The van der Waals surface area contributed by atoms with E-state index < -0.39 is 12.5 Å². The van der Waals surface area contributed by atoms with Crippen molar-refractivity contribution in [3.05, 3.63) is 69.2 Å². The van der Waals surface area contributed by atoms with Crippen LogP contribution in [0.15, 0.2) is 48.5 Å². The van der Waals surface area contributed by atoms with Crippen LogP contribution in [0, 0.1) is 0 Å². The van der Waals surface area contributed by atoms with Gasteiger partial charge in [0.1, 0.15) is 12.4 Å². The van der Waals surface area contributed by atoms with E-state index in [1.54, 1.807) is 12.1 Å². The molecule has 1 unspecified atom stereocenters. The van der Waals surface area contributed by atoms with Crippen molar-refractivity contribution in [2.24, 2.45) is 0 Å². The van der Waals surface area contributed by atoms with Crippen molar-refractivity contribution in [2.45, 2.75) is 31.8 Å². The molecule has 2 heterocycles. The second-order valence-corrected chi connectivity index (χ2v) is 10.1. The first kappa shape index (κ1) is 23.8. The molecule has 1 aliphatic heterocycles. The molecule has 5 nitrogen and oxygen atoms in total. The maximum Gasteiger partial charge on any atom is 0.246 e. The fourth-order valence-corrected chi connectivity index (χ4v) is 4.81. The number of pyridine rings is 1. The van der Waals surface area contributed by atoms with Gasteiger partial charge in [0.05, 0.1) is 16.8 Å². The fraction of sp³-hybridized carbons (Fsp3) is 0.280. The Labute approximate surface area is 208 Å². The average Bonchev–Trinajstić information content (AvgIpc) is 2.77. The lowest BCUT2D eigenvalue weighted by Crippen LogP contribution is -2.50. The Balaban J connectivity index is 1.99. The lowest BCUT2D eigenvalue weighted by Gasteiger charge is -2.45. The number of aromatic nitrogens is 1. The number of amides is 1. The Morgan fingerprint density at radius 3 is 2.39 bits per heavy atom. The third-order valence-electron chi connectivity index (χ3n) is 6.16. The Bertz CT molecular complexity index is 1210. The molecule has 0 radical (unpaired) electrons. The zero-order valence-electron chi connectivity index (χ0n) is 18.5. The summed E-state index contributed by atoms with van der Waals surface area (Å²) in [5, 5.41) is 13.9. The Morgan fingerprint density at radius 2 is 1.76 bits per heavy atom. The summed E-state index contributed by atoms with van der Waals surface area (Å²) in [4.78, 5) is 19.3. The molecule has 1 amide bonds. The predicted octanol–water partition coefficient (Wildman–Crippen LogP) is 6.14. The van der Waals surface area contributed by atoms with Gasteiger partial charge in [0.2, 0.25) is 5.91 Å². The molecule has 172 valence electrons. The summed E-state index contributed by atoms with van der Waals surface area (Å²) in [5.41, 5.74) is 3.81. The Kier molecular flexibility index (Phi) is 6.61. The van der Waals surface area contributed by atoms with E-state index in [0.29, 0.717) is 27.2 Å². The van der Waals surface area contributed by atoms with Crippen LogP contribution >= 0.6 is 34.8 Å². The number of carbonyl (C=O) groups excluding carboxylic acids is 1. The zero-order chi connectivity index (χ0) is 23.9. The number of rotatable bonds is 4. The number of anilines is 1. The number of halogens is 3. The first-order valence-corrected chi connectivity index (χ1v) is 11.6. The molecule has 1 atom stereocenters. The lowest BCUT2D eigenvalue weighted by molar-refractivity contribution is -0.124. The Morgan fingerprint density at radius 1 is 1.09 bits per heavy atom. The van der Waals surface area contributed by atoms with E-state index in [0.717, 1.165) is 28.1 Å². The average molecular weight is 505 g/mol. The molecule has 8 heteroatoms. The van der Waals surface area contributed by atoms with E-state index in [1.165, 1.54) is 0 Å². The van der Waals surface area contributed by atoms with Crippen LogP contribution in [0.25, 0.3) is 22.4 Å². The van der Waals surface area contributed by atoms with E-state index in [4.69, 9.17) is 39.8 Å².